The molecule has 0 bridgehead atoms. The van der Waals surface area contributed by atoms with Crippen molar-refractivity contribution in [3.63, 3.8) is 0 Å². The fraction of sp³-hybridized carbons (Fsp3) is 0.435. The monoisotopic (exact) mass is 505 g/mol. The second kappa shape index (κ2) is 10.1. The average molecular weight is 506 g/mol. The van der Waals surface area contributed by atoms with E-state index in [1.165, 1.54) is 34.0 Å². The number of thiophene rings is 1. The first kappa shape index (κ1) is 24.1. The summed E-state index contributed by atoms with van der Waals surface area (Å²) < 4.78 is 16.7. The molecule has 1 atom stereocenters. The van der Waals surface area contributed by atoms with E-state index in [0.29, 0.717) is 28.9 Å². The number of aromatic nitrogens is 2. The van der Waals surface area contributed by atoms with Gasteiger partial charge >= 0.3 is 0 Å². The van der Waals surface area contributed by atoms with Gasteiger partial charge in [-0.25, -0.2) is 9.97 Å². The molecule has 1 aromatic carbocycles. The summed E-state index contributed by atoms with van der Waals surface area (Å²) in [7, 11) is 3.15. The lowest BCUT2D eigenvalue weighted by molar-refractivity contribution is -0.113. The van der Waals surface area contributed by atoms with Gasteiger partial charge in [0.1, 0.15) is 21.4 Å². The van der Waals surface area contributed by atoms with Crippen LogP contribution in [0.15, 0.2) is 28.4 Å². The number of carbonyl (C=O) groups excluding carboxylic acids is 1. The van der Waals surface area contributed by atoms with Crippen LogP contribution in [0.25, 0.3) is 10.2 Å². The molecule has 3 heterocycles. The summed E-state index contributed by atoms with van der Waals surface area (Å²) in [5.41, 5.74) is 1.67. The Hall–Kier alpha value is -2.01. The van der Waals surface area contributed by atoms with Gasteiger partial charge in [0.15, 0.2) is 5.16 Å². The molecule has 33 heavy (non-hydrogen) atoms. The van der Waals surface area contributed by atoms with Gasteiger partial charge in [0.05, 0.1) is 37.9 Å². The first-order valence-electron chi connectivity index (χ1n) is 10.5. The zero-order chi connectivity index (χ0) is 23.6. The Morgan fingerprint density at radius 1 is 1.30 bits per heavy atom. The molecule has 10 heteroatoms. The number of ether oxygens (including phenoxy) is 3. The molecule has 0 saturated carbocycles. The minimum Gasteiger partial charge on any atom is -0.497 e. The Labute approximate surface area is 206 Å². The van der Waals surface area contributed by atoms with E-state index >= 15 is 0 Å². The summed E-state index contributed by atoms with van der Waals surface area (Å²) in [6.07, 6.45) is 3.72. The number of fused-ring (bicyclic) bond motifs is 3. The standard InChI is InChI=1S/C23H27N3O4S3/c1-6-23(2)10-14-17(11-30-23)33-21-19(14)20(25-22(26-21)31-5)32-12-18(27)24-15-8-7-13(28-3)9-16(15)29-4/h7-9H,6,10-12H2,1-5H3,(H,24,27). The maximum absolute atomic E-state index is 12.8. The molecule has 0 aliphatic carbocycles. The van der Waals surface area contributed by atoms with E-state index in [1.807, 2.05) is 6.26 Å². The Kier molecular flexibility index (Phi) is 7.37. The van der Waals surface area contributed by atoms with Crippen LogP contribution in [0.5, 0.6) is 11.5 Å². The van der Waals surface area contributed by atoms with Crippen molar-refractivity contribution in [3.8, 4) is 11.5 Å². The number of amides is 1. The van der Waals surface area contributed by atoms with E-state index in [1.54, 1.807) is 43.8 Å². The summed E-state index contributed by atoms with van der Waals surface area (Å²) >= 11 is 4.61. The van der Waals surface area contributed by atoms with Crippen molar-refractivity contribution in [2.24, 2.45) is 0 Å². The molecule has 1 unspecified atom stereocenters. The van der Waals surface area contributed by atoms with Crippen LogP contribution in [0.3, 0.4) is 0 Å². The number of hydrogen-bond acceptors (Lipinski definition) is 9. The number of benzene rings is 1. The third-order valence-corrected chi connectivity index (χ3v) is 8.36. The van der Waals surface area contributed by atoms with Gasteiger partial charge in [-0.3, -0.25) is 4.79 Å². The van der Waals surface area contributed by atoms with Crippen LogP contribution in [0.4, 0.5) is 5.69 Å². The first-order valence-corrected chi connectivity index (χ1v) is 13.6. The molecule has 2 aromatic heterocycles. The Balaban J connectivity index is 1.58. The Morgan fingerprint density at radius 3 is 2.82 bits per heavy atom. The van der Waals surface area contributed by atoms with Crippen molar-refractivity contribution < 1.29 is 19.0 Å². The maximum Gasteiger partial charge on any atom is 0.234 e. The number of hydrogen-bond donors (Lipinski definition) is 1. The first-order chi connectivity index (χ1) is 15.9. The molecule has 0 fully saturated rings. The number of carbonyl (C=O) groups is 1. The predicted octanol–water partition coefficient (Wildman–Crippen LogP) is 5.40. The normalized spacial score (nSPS) is 17.6. The number of anilines is 1. The molecular formula is C23H27N3O4S3. The van der Waals surface area contributed by atoms with Crippen LogP contribution >= 0.6 is 34.9 Å². The fourth-order valence-corrected chi connectivity index (χ4v) is 6.17. The topological polar surface area (TPSA) is 82.6 Å². The maximum atomic E-state index is 12.8. The van der Waals surface area contributed by atoms with Crippen molar-refractivity contribution in [2.45, 2.75) is 49.1 Å². The Bertz CT molecular complexity index is 1180. The highest BCUT2D eigenvalue weighted by atomic mass is 32.2. The van der Waals surface area contributed by atoms with Crippen LogP contribution in [0, 0.1) is 0 Å². The summed E-state index contributed by atoms with van der Waals surface area (Å²) in [4.78, 5) is 24.5. The van der Waals surface area contributed by atoms with Gasteiger partial charge in [0, 0.05) is 22.8 Å². The second-order valence-corrected chi connectivity index (χ2v) is 10.7. The lowest BCUT2D eigenvalue weighted by Crippen LogP contribution is -2.33. The van der Waals surface area contributed by atoms with Crippen LogP contribution in [-0.2, 0) is 22.6 Å². The van der Waals surface area contributed by atoms with Crippen molar-refractivity contribution in [2.75, 3.05) is 31.5 Å². The molecule has 0 saturated heterocycles. The van der Waals surface area contributed by atoms with E-state index in [0.717, 1.165) is 28.1 Å². The SMILES string of the molecule is CCC1(C)Cc2c(sc3nc(SC)nc(SCC(=O)Nc4ccc(OC)cc4OC)c23)CO1. The van der Waals surface area contributed by atoms with E-state index in [-0.39, 0.29) is 17.3 Å². The Morgan fingerprint density at radius 2 is 2.12 bits per heavy atom. The number of rotatable bonds is 8. The van der Waals surface area contributed by atoms with Gasteiger partial charge in [-0.15, -0.1) is 11.3 Å². The van der Waals surface area contributed by atoms with Crippen molar-refractivity contribution in [3.05, 3.63) is 28.6 Å². The van der Waals surface area contributed by atoms with E-state index in [9.17, 15) is 4.79 Å². The number of thioether (sulfide) groups is 2. The number of nitrogens with zero attached hydrogens (tertiary/aromatic N) is 2. The smallest absolute Gasteiger partial charge is 0.234 e. The fourth-order valence-electron chi connectivity index (χ4n) is 3.66. The van der Waals surface area contributed by atoms with Gasteiger partial charge in [0.2, 0.25) is 5.91 Å². The molecule has 7 nitrogen and oxygen atoms in total. The van der Waals surface area contributed by atoms with Gasteiger partial charge in [-0.1, -0.05) is 30.4 Å². The van der Waals surface area contributed by atoms with E-state index in [4.69, 9.17) is 24.2 Å². The zero-order valence-corrected chi connectivity index (χ0v) is 21.8. The minimum atomic E-state index is -0.191. The summed E-state index contributed by atoms with van der Waals surface area (Å²) in [6, 6.07) is 5.30. The lowest BCUT2D eigenvalue weighted by atomic mass is 9.90. The van der Waals surface area contributed by atoms with Crippen LogP contribution in [0.1, 0.15) is 30.7 Å². The van der Waals surface area contributed by atoms with E-state index in [2.05, 4.69) is 19.2 Å². The van der Waals surface area contributed by atoms with Crippen molar-refractivity contribution in [1.82, 2.24) is 9.97 Å². The van der Waals surface area contributed by atoms with Gasteiger partial charge in [-0.05, 0) is 37.3 Å². The van der Waals surface area contributed by atoms with Crippen LogP contribution in [-0.4, -0.2) is 47.7 Å². The molecule has 3 aromatic rings. The second-order valence-electron chi connectivity index (χ2n) is 7.87. The molecular weight excluding hydrogens is 478 g/mol. The average Bonchev–Trinajstić information content (AvgIpc) is 3.20. The highest BCUT2D eigenvalue weighted by Crippen LogP contribution is 2.43. The minimum absolute atomic E-state index is 0.133. The molecule has 1 amide bonds. The molecule has 1 N–H and O–H groups in total. The van der Waals surface area contributed by atoms with Crippen LogP contribution in [0.2, 0.25) is 0 Å². The molecule has 4 rings (SSSR count). The quantitative estimate of drug-likeness (QED) is 0.247. The number of methoxy groups -OCH3 is 2. The van der Waals surface area contributed by atoms with Crippen LogP contribution < -0.4 is 14.8 Å². The highest BCUT2D eigenvalue weighted by Gasteiger charge is 2.33. The zero-order valence-electron chi connectivity index (χ0n) is 19.3. The van der Waals surface area contributed by atoms with Crippen molar-refractivity contribution >= 4 is 56.7 Å². The third kappa shape index (κ3) is 5.08. The predicted molar refractivity (Wildman–Crippen MR) is 135 cm³/mol. The molecule has 1 aliphatic heterocycles. The van der Waals surface area contributed by atoms with Gasteiger partial charge < -0.3 is 19.5 Å². The highest BCUT2D eigenvalue weighted by molar-refractivity contribution is 8.00. The molecule has 0 spiro atoms. The number of nitrogens with one attached hydrogen (secondary N) is 1. The molecule has 1 aliphatic rings. The lowest BCUT2D eigenvalue weighted by Gasteiger charge is -2.33. The largest absolute Gasteiger partial charge is 0.497 e. The summed E-state index contributed by atoms with van der Waals surface area (Å²) in [5.74, 6) is 1.30. The molecule has 0 radical (unpaired) electrons. The summed E-state index contributed by atoms with van der Waals surface area (Å²) in [5, 5.41) is 5.55. The van der Waals surface area contributed by atoms with Gasteiger partial charge in [-0.2, -0.15) is 0 Å². The summed E-state index contributed by atoms with van der Waals surface area (Å²) in [6.45, 7) is 4.89. The van der Waals surface area contributed by atoms with E-state index < -0.39 is 0 Å². The third-order valence-electron chi connectivity index (χ3n) is 5.74. The van der Waals surface area contributed by atoms with Crippen molar-refractivity contribution in [1.29, 1.82) is 0 Å². The molecule has 176 valence electrons. The van der Waals surface area contributed by atoms with Gasteiger partial charge in [0.25, 0.3) is 0 Å².